The molecular weight excluding hydrogens is 174 g/mol. The van der Waals surface area contributed by atoms with Crippen molar-refractivity contribution in [2.24, 2.45) is 10.9 Å². The quantitative estimate of drug-likeness (QED) is 0.630. The third kappa shape index (κ3) is 1.86. The molecule has 2 rings (SSSR count). The van der Waals surface area contributed by atoms with E-state index in [9.17, 15) is 0 Å². The minimum absolute atomic E-state index is 0.896. The number of likely N-dealkylation sites (tertiary alicyclic amines) is 1. The van der Waals surface area contributed by atoms with Gasteiger partial charge in [0.25, 0.3) is 0 Å². The van der Waals surface area contributed by atoms with Crippen LogP contribution in [0.2, 0.25) is 0 Å². The van der Waals surface area contributed by atoms with Gasteiger partial charge in [-0.05, 0) is 18.8 Å². The van der Waals surface area contributed by atoms with Crippen molar-refractivity contribution in [2.75, 3.05) is 33.2 Å². The Labute approximate surface area is 86.8 Å². The first-order valence-corrected chi connectivity index (χ1v) is 5.81. The first kappa shape index (κ1) is 9.81. The van der Waals surface area contributed by atoms with Gasteiger partial charge in [0.2, 0.25) is 0 Å². The summed E-state index contributed by atoms with van der Waals surface area (Å²) in [5.74, 6) is 2.14. The standard InChI is InChI=1S/C11H21N3/c1-3-10-5-8-14(9-10)11-12-6-4-7-13(11)2/h10H,3-9H2,1-2H3. The Morgan fingerprint density at radius 1 is 1.43 bits per heavy atom. The number of rotatable bonds is 1. The van der Waals surface area contributed by atoms with E-state index in [1.54, 1.807) is 0 Å². The minimum Gasteiger partial charge on any atom is -0.346 e. The van der Waals surface area contributed by atoms with Gasteiger partial charge >= 0.3 is 0 Å². The molecule has 14 heavy (non-hydrogen) atoms. The number of nitrogens with zero attached hydrogens (tertiary/aromatic N) is 3. The molecule has 1 unspecified atom stereocenters. The fourth-order valence-electron chi connectivity index (χ4n) is 2.40. The molecule has 0 N–H and O–H groups in total. The van der Waals surface area contributed by atoms with Gasteiger partial charge in [0.15, 0.2) is 5.96 Å². The summed E-state index contributed by atoms with van der Waals surface area (Å²) in [6.07, 6.45) is 3.88. The zero-order valence-corrected chi connectivity index (χ0v) is 9.37. The van der Waals surface area contributed by atoms with E-state index in [0.29, 0.717) is 0 Å². The summed E-state index contributed by atoms with van der Waals surface area (Å²) in [7, 11) is 2.16. The lowest BCUT2D eigenvalue weighted by Gasteiger charge is -2.31. The number of hydrogen-bond acceptors (Lipinski definition) is 3. The van der Waals surface area contributed by atoms with Crippen molar-refractivity contribution in [3.63, 3.8) is 0 Å². The lowest BCUT2D eigenvalue weighted by Crippen LogP contribution is -2.44. The van der Waals surface area contributed by atoms with Crippen molar-refractivity contribution in [1.29, 1.82) is 0 Å². The fraction of sp³-hybridized carbons (Fsp3) is 0.909. The Morgan fingerprint density at radius 2 is 2.29 bits per heavy atom. The van der Waals surface area contributed by atoms with Crippen molar-refractivity contribution in [3.05, 3.63) is 0 Å². The van der Waals surface area contributed by atoms with Crippen LogP contribution in [0.15, 0.2) is 4.99 Å². The number of aliphatic imine (C=N–C) groups is 1. The molecule has 0 spiro atoms. The molecule has 2 aliphatic rings. The molecule has 2 aliphatic heterocycles. The first-order valence-electron chi connectivity index (χ1n) is 5.81. The van der Waals surface area contributed by atoms with Crippen LogP contribution in [0, 0.1) is 5.92 Å². The highest BCUT2D eigenvalue weighted by molar-refractivity contribution is 5.80. The van der Waals surface area contributed by atoms with Gasteiger partial charge < -0.3 is 9.80 Å². The molecule has 0 aromatic carbocycles. The van der Waals surface area contributed by atoms with E-state index in [0.717, 1.165) is 12.5 Å². The van der Waals surface area contributed by atoms with Gasteiger partial charge in [-0.1, -0.05) is 13.3 Å². The summed E-state index contributed by atoms with van der Waals surface area (Å²) in [4.78, 5) is 9.40. The fourth-order valence-corrected chi connectivity index (χ4v) is 2.40. The average Bonchev–Trinajstić information content (AvgIpc) is 2.67. The van der Waals surface area contributed by atoms with Gasteiger partial charge in [-0.15, -0.1) is 0 Å². The molecule has 0 aromatic rings. The van der Waals surface area contributed by atoms with E-state index in [1.165, 1.54) is 44.9 Å². The van der Waals surface area contributed by atoms with E-state index in [4.69, 9.17) is 0 Å². The van der Waals surface area contributed by atoms with Crippen LogP contribution in [0.3, 0.4) is 0 Å². The lowest BCUT2D eigenvalue weighted by atomic mass is 10.1. The van der Waals surface area contributed by atoms with E-state index in [1.807, 2.05) is 0 Å². The van der Waals surface area contributed by atoms with Crippen molar-refractivity contribution in [3.8, 4) is 0 Å². The molecule has 1 saturated heterocycles. The van der Waals surface area contributed by atoms with E-state index in [-0.39, 0.29) is 0 Å². The Hall–Kier alpha value is -0.730. The van der Waals surface area contributed by atoms with Gasteiger partial charge in [-0.25, -0.2) is 0 Å². The summed E-state index contributed by atoms with van der Waals surface area (Å²) in [6, 6.07) is 0. The normalized spacial score (nSPS) is 28.1. The van der Waals surface area contributed by atoms with Gasteiger partial charge in [0.1, 0.15) is 0 Å². The van der Waals surface area contributed by atoms with Gasteiger partial charge in [-0.2, -0.15) is 0 Å². The third-order valence-corrected chi connectivity index (χ3v) is 3.39. The van der Waals surface area contributed by atoms with Crippen LogP contribution in [0.25, 0.3) is 0 Å². The SMILES string of the molecule is CCC1CCN(C2=NCCCN2C)C1. The summed E-state index contributed by atoms with van der Waals surface area (Å²) in [6.45, 7) is 6.92. The molecule has 3 nitrogen and oxygen atoms in total. The monoisotopic (exact) mass is 195 g/mol. The predicted molar refractivity (Wildman–Crippen MR) is 59.5 cm³/mol. The van der Waals surface area contributed by atoms with E-state index >= 15 is 0 Å². The van der Waals surface area contributed by atoms with Crippen LogP contribution in [0.1, 0.15) is 26.2 Å². The molecule has 0 bridgehead atoms. The number of hydrogen-bond donors (Lipinski definition) is 0. The second-order valence-electron chi connectivity index (χ2n) is 4.47. The largest absolute Gasteiger partial charge is 0.346 e. The number of guanidine groups is 1. The van der Waals surface area contributed by atoms with Gasteiger partial charge in [0, 0.05) is 33.2 Å². The van der Waals surface area contributed by atoms with Crippen LogP contribution in [-0.4, -0.2) is 49.0 Å². The van der Waals surface area contributed by atoms with Crippen LogP contribution >= 0.6 is 0 Å². The van der Waals surface area contributed by atoms with Gasteiger partial charge in [0.05, 0.1) is 0 Å². The van der Waals surface area contributed by atoms with E-state index in [2.05, 4.69) is 28.8 Å². The van der Waals surface area contributed by atoms with Crippen molar-refractivity contribution < 1.29 is 0 Å². The Balaban J connectivity index is 1.98. The summed E-state index contributed by atoms with van der Waals surface area (Å²) in [5.41, 5.74) is 0. The highest BCUT2D eigenvalue weighted by Crippen LogP contribution is 2.20. The third-order valence-electron chi connectivity index (χ3n) is 3.39. The lowest BCUT2D eigenvalue weighted by molar-refractivity contribution is 0.358. The molecular formula is C11H21N3. The molecule has 3 heteroatoms. The Morgan fingerprint density at radius 3 is 2.93 bits per heavy atom. The van der Waals surface area contributed by atoms with Gasteiger partial charge in [-0.3, -0.25) is 4.99 Å². The average molecular weight is 195 g/mol. The van der Waals surface area contributed by atoms with Crippen LogP contribution in [-0.2, 0) is 0 Å². The van der Waals surface area contributed by atoms with Crippen molar-refractivity contribution >= 4 is 5.96 Å². The molecule has 1 atom stereocenters. The first-order chi connectivity index (χ1) is 6.81. The molecule has 1 fully saturated rings. The van der Waals surface area contributed by atoms with Crippen LogP contribution < -0.4 is 0 Å². The van der Waals surface area contributed by atoms with Crippen molar-refractivity contribution in [2.45, 2.75) is 26.2 Å². The Kier molecular flexibility index (Phi) is 2.94. The minimum atomic E-state index is 0.896. The summed E-state index contributed by atoms with van der Waals surface area (Å²) < 4.78 is 0. The predicted octanol–water partition coefficient (Wildman–Crippen LogP) is 1.41. The van der Waals surface area contributed by atoms with Crippen LogP contribution in [0.5, 0.6) is 0 Å². The highest BCUT2D eigenvalue weighted by Gasteiger charge is 2.26. The second-order valence-corrected chi connectivity index (χ2v) is 4.47. The maximum atomic E-state index is 4.63. The van der Waals surface area contributed by atoms with E-state index < -0.39 is 0 Å². The molecule has 80 valence electrons. The maximum absolute atomic E-state index is 4.63. The molecule has 0 aliphatic carbocycles. The second kappa shape index (κ2) is 4.20. The topological polar surface area (TPSA) is 18.8 Å². The summed E-state index contributed by atoms with van der Waals surface area (Å²) in [5, 5.41) is 0. The molecule has 2 heterocycles. The molecule has 0 amide bonds. The maximum Gasteiger partial charge on any atom is 0.196 e. The molecule has 0 radical (unpaired) electrons. The molecule has 0 aromatic heterocycles. The highest BCUT2D eigenvalue weighted by atomic mass is 15.4. The zero-order valence-electron chi connectivity index (χ0n) is 9.37. The zero-order chi connectivity index (χ0) is 9.97. The van der Waals surface area contributed by atoms with Crippen molar-refractivity contribution in [1.82, 2.24) is 9.80 Å². The summed E-state index contributed by atoms with van der Waals surface area (Å²) >= 11 is 0. The molecule has 0 saturated carbocycles. The smallest absolute Gasteiger partial charge is 0.196 e. The van der Waals surface area contributed by atoms with Crippen LogP contribution in [0.4, 0.5) is 0 Å². The Bertz CT molecular complexity index is 225.